The van der Waals surface area contributed by atoms with E-state index in [0.717, 1.165) is 18.4 Å². The average molecular weight is 327 g/mol. The maximum atomic E-state index is 13.0. The van der Waals surface area contributed by atoms with Crippen LogP contribution < -0.4 is 5.32 Å². The summed E-state index contributed by atoms with van der Waals surface area (Å²) >= 11 is 0. The molecular weight excluding hydrogens is 309 g/mol. The highest BCUT2D eigenvalue weighted by Gasteiger charge is 2.24. The maximum Gasteiger partial charge on any atom is 0.312 e. The van der Waals surface area contributed by atoms with Gasteiger partial charge in [0.1, 0.15) is 5.82 Å². The molecule has 2 aromatic rings. The number of hydrogen-bond donors (Lipinski definition) is 2. The Kier molecular flexibility index (Phi) is 4.60. The normalized spacial score (nSPS) is 14.9. The van der Waals surface area contributed by atoms with Crippen LogP contribution in [0.2, 0.25) is 0 Å². The van der Waals surface area contributed by atoms with Crippen LogP contribution >= 0.6 is 0 Å². The number of hydrogen-bond acceptors (Lipinski definition) is 2. The van der Waals surface area contributed by atoms with Gasteiger partial charge >= 0.3 is 5.97 Å². The molecule has 0 radical (unpaired) electrons. The van der Waals surface area contributed by atoms with Gasteiger partial charge in [-0.05, 0) is 54.2 Å². The molecule has 0 heterocycles. The first-order valence-corrected chi connectivity index (χ1v) is 7.91. The van der Waals surface area contributed by atoms with Crippen LogP contribution in [0.25, 0.3) is 0 Å². The van der Waals surface area contributed by atoms with E-state index in [0.29, 0.717) is 17.0 Å². The Morgan fingerprint density at radius 1 is 1.17 bits per heavy atom. The average Bonchev–Trinajstić information content (AvgIpc) is 3.41. The number of amides is 1. The number of rotatable bonds is 6. The number of carbonyl (C=O) groups is 2. The van der Waals surface area contributed by atoms with Crippen molar-refractivity contribution in [2.75, 3.05) is 6.54 Å². The van der Waals surface area contributed by atoms with E-state index < -0.39 is 17.7 Å². The number of benzene rings is 2. The molecule has 0 bridgehead atoms. The minimum absolute atomic E-state index is 0.0482. The zero-order valence-electron chi connectivity index (χ0n) is 13.0. The van der Waals surface area contributed by atoms with Gasteiger partial charge < -0.3 is 10.4 Å². The van der Waals surface area contributed by atoms with Gasteiger partial charge in [0.15, 0.2) is 0 Å². The van der Waals surface area contributed by atoms with E-state index in [1.807, 2.05) is 18.2 Å². The molecule has 4 nitrogen and oxygen atoms in total. The molecule has 0 spiro atoms. The largest absolute Gasteiger partial charge is 0.481 e. The first-order chi connectivity index (χ1) is 11.5. The predicted octanol–water partition coefficient (Wildman–Crippen LogP) is 3.30. The standard InChI is InChI=1S/C19H18FNO3/c20-16-8-6-13(7-9-16)17(19(23)24)11-21-18(22)15-3-1-2-14(10-15)12-4-5-12/h1-3,6-10,12,17H,4-5,11H2,(H,21,22)(H,23,24). The Hall–Kier alpha value is -2.69. The Morgan fingerprint density at radius 2 is 1.88 bits per heavy atom. The highest BCUT2D eigenvalue weighted by Crippen LogP contribution is 2.40. The second kappa shape index (κ2) is 6.83. The van der Waals surface area contributed by atoms with Crippen molar-refractivity contribution in [2.45, 2.75) is 24.7 Å². The SMILES string of the molecule is O=C(NCC(C(=O)O)c1ccc(F)cc1)c1cccc(C2CC2)c1. The van der Waals surface area contributed by atoms with Crippen LogP contribution in [-0.4, -0.2) is 23.5 Å². The van der Waals surface area contributed by atoms with E-state index in [1.54, 1.807) is 6.07 Å². The van der Waals surface area contributed by atoms with Gasteiger partial charge in [0.05, 0.1) is 5.92 Å². The summed E-state index contributed by atoms with van der Waals surface area (Å²) in [5, 5.41) is 12.0. The van der Waals surface area contributed by atoms with Crippen molar-refractivity contribution in [1.29, 1.82) is 0 Å². The molecule has 1 atom stereocenters. The zero-order valence-corrected chi connectivity index (χ0v) is 13.0. The number of nitrogens with one attached hydrogen (secondary N) is 1. The molecular formula is C19H18FNO3. The Balaban J connectivity index is 1.68. The van der Waals surface area contributed by atoms with Crippen LogP contribution in [-0.2, 0) is 4.79 Å². The van der Waals surface area contributed by atoms with E-state index in [-0.39, 0.29) is 12.5 Å². The summed E-state index contributed by atoms with van der Waals surface area (Å²) in [4.78, 5) is 23.7. The molecule has 1 saturated carbocycles. The number of carboxylic acids is 1. The molecule has 2 aromatic carbocycles. The van der Waals surface area contributed by atoms with Crippen LogP contribution in [0.5, 0.6) is 0 Å². The lowest BCUT2D eigenvalue weighted by Crippen LogP contribution is -2.31. The topological polar surface area (TPSA) is 66.4 Å². The summed E-state index contributed by atoms with van der Waals surface area (Å²) in [6, 6.07) is 12.7. The number of halogens is 1. The van der Waals surface area contributed by atoms with Gasteiger partial charge in [0, 0.05) is 12.1 Å². The van der Waals surface area contributed by atoms with Crippen LogP contribution in [0.15, 0.2) is 48.5 Å². The molecule has 124 valence electrons. The summed E-state index contributed by atoms with van der Waals surface area (Å²) in [7, 11) is 0. The molecule has 0 aliphatic heterocycles. The van der Waals surface area contributed by atoms with E-state index in [4.69, 9.17) is 0 Å². The molecule has 2 N–H and O–H groups in total. The molecule has 24 heavy (non-hydrogen) atoms. The van der Waals surface area contributed by atoms with Gasteiger partial charge in [-0.1, -0.05) is 24.3 Å². The van der Waals surface area contributed by atoms with Crippen LogP contribution in [0, 0.1) is 5.82 Å². The van der Waals surface area contributed by atoms with Gasteiger partial charge in [0.2, 0.25) is 0 Å². The van der Waals surface area contributed by atoms with Gasteiger partial charge in [-0.25, -0.2) is 4.39 Å². The summed E-state index contributed by atoms with van der Waals surface area (Å²) in [5.74, 6) is -2.16. The smallest absolute Gasteiger partial charge is 0.312 e. The summed E-state index contributed by atoms with van der Waals surface area (Å²) in [5.41, 5.74) is 2.13. The number of carbonyl (C=O) groups excluding carboxylic acids is 1. The van der Waals surface area contributed by atoms with Gasteiger partial charge in [0.25, 0.3) is 5.91 Å². The van der Waals surface area contributed by atoms with Crippen LogP contribution in [0.1, 0.15) is 46.2 Å². The van der Waals surface area contributed by atoms with Crippen molar-refractivity contribution in [3.63, 3.8) is 0 Å². The third-order valence-electron chi connectivity index (χ3n) is 4.23. The molecule has 3 rings (SSSR count). The van der Waals surface area contributed by atoms with Gasteiger partial charge in [-0.3, -0.25) is 9.59 Å². The fourth-order valence-electron chi connectivity index (χ4n) is 2.69. The van der Waals surface area contributed by atoms with E-state index >= 15 is 0 Å². The van der Waals surface area contributed by atoms with Crippen molar-refractivity contribution in [3.05, 3.63) is 71.0 Å². The molecule has 0 saturated heterocycles. The minimum Gasteiger partial charge on any atom is -0.481 e. The summed E-state index contributed by atoms with van der Waals surface area (Å²) in [6.45, 7) is -0.0482. The lowest BCUT2D eigenvalue weighted by Gasteiger charge is -2.14. The lowest BCUT2D eigenvalue weighted by atomic mass is 9.99. The molecule has 1 aliphatic carbocycles. The molecule has 1 fully saturated rings. The first kappa shape index (κ1) is 16.2. The molecule has 5 heteroatoms. The predicted molar refractivity (Wildman–Crippen MR) is 87.5 cm³/mol. The fraction of sp³-hybridized carbons (Fsp3) is 0.263. The second-order valence-electron chi connectivity index (χ2n) is 6.05. The number of aliphatic carboxylic acids is 1. The molecule has 0 aromatic heterocycles. The van der Waals surface area contributed by atoms with Crippen molar-refractivity contribution in [2.24, 2.45) is 0 Å². The van der Waals surface area contributed by atoms with Crippen molar-refractivity contribution in [3.8, 4) is 0 Å². The number of carboxylic acid groups (broad SMARTS) is 1. The van der Waals surface area contributed by atoms with Crippen molar-refractivity contribution in [1.82, 2.24) is 5.32 Å². The summed E-state index contributed by atoms with van der Waals surface area (Å²) in [6.07, 6.45) is 2.30. The van der Waals surface area contributed by atoms with E-state index in [9.17, 15) is 19.1 Å². The highest BCUT2D eigenvalue weighted by molar-refractivity contribution is 5.94. The van der Waals surface area contributed by atoms with Crippen molar-refractivity contribution < 1.29 is 19.1 Å². The fourth-order valence-corrected chi connectivity index (χ4v) is 2.69. The second-order valence-corrected chi connectivity index (χ2v) is 6.05. The Labute approximate surface area is 139 Å². The zero-order chi connectivity index (χ0) is 17.1. The van der Waals surface area contributed by atoms with Crippen LogP contribution in [0.3, 0.4) is 0 Å². The third-order valence-corrected chi connectivity index (χ3v) is 4.23. The third kappa shape index (κ3) is 3.79. The monoisotopic (exact) mass is 327 g/mol. The minimum atomic E-state index is -1.06. The highest BCUT2D eigenvalue weighted by atomic mass is 19.1. The van der Waals surface area contributed by atoms with E-state index in [2.05, 4.69) is 5.32 Å². The van der Waals surface area contributed by atoms with Crippen molar-refractivity contribution >= 4 is 11.9 Å². The summed E-state index contributed by atoms with van der Waals surface area (Å²) < 4.78 is 13.0. The Bertz CT molecular complexity index is 753. The lowest BCUT2D eigenvalue weighted by molar-refractivity contribution is -0.138. The molecule has 1 aliphatic rings. The Morgan fingerprint density at radius 3 is 2.50 bits per heavy atom. The maximum absolute atomic E-state index is 13.0. The first-order valence-electron chi connectivity index (χ1n) is 7.91. The molecule has 1 unspecified atom stereocenters. The van der Waals surface area contributed by atoms with Crippen LogP contribution in [0.4, 0.5) is 4.39 Å². The molecule has 1 amide bonds. The van der Waals surface area contributed by atoms with Gasteiger partial charge in [-0.2, -0.15) is 0 Å². The van der Waals surface area contributed by atoms with E-state index in [1.165, 1.54) is 24.3 Å². The van der Waals surface area contributed by atoms with Gasteiger partial charge in [-0.15, -0.1) is 0 Å². The quantitative estimate of drug-likeness (QED) is 0.855.